The van der Waals surface area contributed by atoms with Crippen molar-refractivity contribution >= 4 is 23.4 Å². The number of nitrogens with two attached hydrogens (primary N) is 1. The molecular weight excluding hydrogens is 290 g/mol. The van der Waals surface area contributed by atoms with Crippen molar-refractivity contribution in [3.05, 3.63) is 35.9 Å². The predicted octanol–water partition coefficient (Wildman–Crippen LogP) is 0.805. The second-order valence-corrected chi connectivity index (χ2v) is 5.38. The summed E-state index contributed by atoms with van der Waals surface area (Å²) in [6.45, 7) is 3.18. The number of halogens is 1. The van der Waals surface area contributed by atoms with E-state index in [2.05, 4.69) is 10.6 Å². The van der Waals surface area contributed by atoms with Crippen LogP contribution in [0.2, 0.25) is 0 Å². The van der Waals surface area contributed by atoms with Gasteiger partial charge in [-0.2, -0.15) is 0 Å². The number of benzene rings is 1. The molecule has 0 radical (unpaired) electrons. The highest BCUT2D eigenvalue weighted by atomic mass is 35.5. The van der Waals surface area contributed by atoms with Gasteiger partial charge in [0.05, 0.1) is 6.04 Å². The Morgan fingerprint density at radius 1 is 1.14 bits per heavy atom. The van der Waals surface area contributed by atoms with E-state index in [1.54, 1.807) is 13.8 Å². The molecule has 3 atom stereocenters. The number of amides is 2. The van der Waals surface area contributed by atoms with Crippen molar-refractivity contribution < 1.29 is 9.59 Å². The first-order valence-electron chi connectivity index (χ1n) is 6.90. The summed E-state index contributed by atoms with van der Waals surface area (Å²) in [5, 5.41) is 5.39. The van der Waals surface area contributed by atoms with Crippen molar-refractivity contribution in [2.45, 2.75) is 38.4 Å². The zero-order valence-electron chi connectivity index (χ0n) is 12.3. The molecule has 1 aromatic carbocycles. The molecule has 1 rings (SSSR count). The van der Waals surface area contributed by atoms with Crippen LogP contribution in [0.1, 0.15) is 19.4 Å². The molecule has 4 N–H and O–H groups in total. The normalized spacial score (nSPS) is 14.9. The van der Waals surface area contributed by atoms with Crippen LogP contribution in [-0.2, 0) is 16.0 Å². The Labute approximate surface area is 130 Å². The molecular formula is C15H22ClN3O2. The molecule has 0 fully saturated rings. The molecule has 5 nitrogen and oxygen atoms in total. The van der Waals surface area contributed by atoms with Crippen molar-refractivity contribution in [2.75, 3.05) is 5.88 Å². The summed E-state index contributed by atoms with van der Waals surface area (Å²) >= 11 is 5.90. The molecule has 0 aliphatic heterocycles. The van der Waals surface area contributed by atoms with Gasteiger partial charge >= 0.3 is 0 Å². The highest BCUT2D eigenvalue weighted by Crippen LogP contribution is 2.04. The van der Waals surface area contributed by atoms with Gasteiger partial charge in [0, 0.05) is 11.9 Å². The summed E-state index contributed by atoms with van der Waals surface area (Å²) in [5.74, 6) is -0.331. The summed E-state index contributed by atoms with van der Waals surface area (Å²) in [5.41, 5.74) is 6.54. The molecule has 0 heterocycles. The van der Waals surface area contributed by atoms with E-state index in [0.717, 1.165) is 5.56 Å². The Morgan fingerprint density at radius 2 is 1.76 bits per heavy atom. The van der Waals surface area contributed by atoms with Gasteiger partial charge < -0.3 is 16.4 Å². The molecule has 0 aliphatic carbocycles. The van der Waals surface area contributed by atoms with E-state index >= 15 is 0 Å². The van der Waals surface area contributed by atoms with Gasteiger partial charge in [-0.1, -0.05) is 30.3 Å². The van der Waals surface area contributed by atoms with E-state index in [-0.39, 0.29) is 17.9 Å². The van der Waals surface area contributed by atoms with Crippen LogP contribution >= 0.6 is 11.6 Å². The first-order chi connectivity index (χ1) is 9.93. The van der Waals surface area contributed by atoms with Gasteiger partial charge in [-0.25, -0.2) is 0 Å². The largest absolute Gasteiger partial charge is 0.350 e. The van der Waals surface area contributed by atoms with Crippen molar-refractivity contribution in [1.82, 2.24) is 10.6 Å². The SMILES string of the molecule is C[C@H](N)C(=O)N[C@@H](C)C(=O)N[C@H](CCl)Cc1ccccc1. The Kier molecular flexibility index (Phi) is 7.19. The Bertz CT molecular complexity index is 465. The summed E-state index contributed by atoms with van der Waals surface area (Å²) < 4.78 is 0. The topological polar surface area (TPSA) is 84.2 Å². The Hall–Kier alpha value is -1.59. The van der Waals surface area contributed by atoms with Crippen molar-refractivity contribution in [3.8, 4) is 0 Å². The van der Waals surface area contributed by atoms with Gasteiger partial charge in [-0.3, -0.25) is 9.59 Å². The van der Waals surface area contributed by atoms with Crippen LogP contribution in [0.4, 0.5) is 0 Å². The summed E-state index contributed by atoms with van der Waals surface area (Å²) in [6, 6.07) is 8.29. The highest BCUT2D eigenvalue weighted by Gasteiger charge is 2.20. The molecule has 21 heavy (non-hydrogen) atoms. The smallest absolute Gasteiger partial charge is 0.242 e. The molecule has 2 amide bonds. The molecule has 0 aliphatic rings. The van der Waals surface area contributed by atoms with Crippen LogP contribution in [0.5, 0.6) is 0 Å². The first kappa shape index (κ1) is 17.5. The molecule has 0 saturated carbocycles. The molecule has 1 aromatic rings. The van der Waals surface area contributed by atoms with Crippen LogP contribution in [0.25, 0.3) is 0 Å². The number of nitrogens with one attached hydrogen (secondary N) is 2. The standard InChI is InChI=1S/C15H22ClN3O2/c1-10(17)14(20)18-11(2)15(21)19-13(9-16)8-12-6-4-3-5-7-12/h3-7,10-11,13H,8-9,17H2,1-2H3,(H,18,20)(H,19,21)/t10-,11-,13-/m0/s1. The number of hydrogen-bond donors (Lipinski definition) is 3. The second-order valence-electron chi connectivity index (χ2n) is 5.07. The maximum Gasteiger partial charge on any atom is 0.242 e. The summed E-state index contributed by atoms with van der Waals surface area (Å²) in [7, 11) is 0. The monoisotopic (exact) mass is 311 g/mol. The zero-order valence-corrected chi connectivity index (χ0v) is 13.1. The number of hydrogen-bond acceptors (Lipinski definition) is 3. The maximum absolute atomic E-state index is 12.0. The molecule has 116 valence electrons. The average Bonchev–Trinajstić information content (AvgIpc) is 2.47. The van der Waals surface area contributed by atoms with Gasteiger partial charge in [0.1, 0.15) is 6.04 Å². The minimum absolute atomic E-state index is 0.184. The van der Waals surface area contributed by atoms with Crippen LogP contribution in [0, 0.1) is 0 Å². The van der Waals surface area contributed by atoms with Gasteiger partial charge in [-0.15, -0.1) is 11.6 Å². The van der Waals surface area contributed by atoms with Gasteiger partial charge in [0.15, 0.2) is 0 Å². The van der Waals surface area contributed by atoms with E-state index < -0.39 is 12.1 Å². The molecule has 0 unspecified atom stereocenters. The maximum atomic E-state index is 12.0. The van der Waals surface area contributed by atoms with E-state index in [1.807, 2.05) is 30.3 Å². The van der Waals surface area contributed by atoms with Crippen molar-refractivity contribution in [1.29, 1.82) is 0 Å². The highest BCUT2D eigenvalue weighted by molar-refractivity contribution is 6.18. The van der Waals surface area contributed by atoms with Crippen LogP contribution < -0.4 is 16.4 Å². The van der Waals surface area contributed by atoms with E-state index in [1.165, 1.54) is 0 Å². The molecule has 6 heteroatoms. The molecule has 0 saturated heterocycles. The lowest BCUT2D eigenvalue weighted by Crippen LogP contribution is -2.52. The van der Waals surface area contributed by atoms with Gasteiger partial charge in [0.2, 0.25) is 11.8 Å². The second kappa shape index (κ2) is 8.64. The Balaban J connectivity index is 2.52. The Morgan fingerprint density at radius 3 is 2.29 bits per heavy atom. The van der Waals surface area contributed by atoms with Gasteiger partial charge in [-0.05, 0) is 25.8 Å². The lowest BCUT2D eigenvalue weighted by molar-refractivity contribution is -0.129. The lowest BCUT2D eigenvalue weighted by atomic mass is 10.1. The minimum Gasteiger partial charge on any atom is -0.350 e. The predicted molar refractivity (Wildman–Crippen MR) is 84.1 cm³/mol. The van der Waals surface area contributed by atoms with Crippen molar-refractivity contribution in [2.24, 2.45) is 5.73 Å². The van der Waals surface area contributed by atoms with E-state index in [4.69, 9.17) is 17.3 Å². The van der Waals surface area contributed by atoms with Gasteiger partial charge in [0.25, 0.3) is 0 Å². The number of alkyl halides is 1. The van der Waals surface area contributed by atoms with Crippen molar-refractivity contribution in [3.63, 3.8) is 0 Å². The molecule has 0 aromatic heterocycles. The molecule has 0 spiro atoms. The molecule has 0 bridgehead atoms. The van der Waals surface area contributed by atoms with Crippen LogP contribution in [0.3, 0.4) is 0 Å². The number of carbonyl (C=O) groups is 2. The minimum atomic E-state index is -0.648. The van der Waals surface area contributed by atoms with E-state index in [0.29, 0.717) is 12.3 Å². The fourth-order valence-corrected chi connectivity index (χ4v) is 1.97. The quantitative estimate of drug-likeness (QED) is 0.651. The first-order valence-corrected chi connectivity index (χ1v) is 7.43. The van der Waals surface area contributed by atoms with E-state index in [9.17, 15) is 9.59 Å². The number of rotatable bonds is 7. The third-order valence-corrected chi connectivity index (χ3v) is 3.40. The fraction of sp³-hybridized carbons (Fsp3) is 0.467. The average molecular weight is 312 g/mol. The fourth-order valence-electron chi connectivity index (χ4n) is 1.78. The lowest BCUT2D eigenvalue weighted by Gasteiger charge is -2.20. The zero-order chi connectivity index (χ0) is 15.8. The third-order valence-electron chi connectivity index (χ3n) is 3.02. The van der Waals surface area contributed by atoms with Crippen LogP contribution in [-0.4, -0.2) is 35.8 Å². The summed E-state index contributed by atoms with van der Waals surface area (Å²) in [6.07, 6.45) is 0.643. The van der Waals surface area contributed by atoms with Crippen LogP contribution in [0.15, 0.2) is 30.3 Å². The summed E-state index contributed by atoms with van der Waals surface area (Å²) in [4.78, 5) is 23.5. The number of carbonyl (C=O) groups excluding carboxylic acids is 2. The third kappa shape index (κ3) is 6.14.